The number of carbonyl (C=O) groups excluding carboxylic acids is 2. The van der Waals surface area contributed by atoms with Crippen LogP contribution in [0.1, 0.15) is 32.0 Å². The number of aromatic nitrogens is 2. The second kappa shape index (κ2) is 15.9. The Bertz CT molecular complexity index is 2120. The summed E-state index contributed by atoms with van der Waals surface area (Å²) in [6, 6.07) is 18.2. The summed E-state index contributed by atoms with van der Waals surface area (Å²) in [5.41, 5.74) is 0.647. The third-order valence-electron chi connectivity index (χ3n) is 8.79. The average Bonchev–Trinajstić information content (AvgIpc) is 3.45. The maximum absolute atomic E-state index is 14.4. The predicted octanol–water partition coefficient (Wildman–Crippen LogP) is 8.12. The zero-order valence-corrected chi connectivity index (χ0v) is 29.6. The molecule has 54 heavy (non-hydrogen) atoms. The van der Waals surface area contributed by atoms with E-state index in [0.29, 0.717) is 50.2 Å². The third kappa shape index (κ3) is 9.23. The Labute approximate surface area is 310 Å². The molecule has 0 atom stereocenters. The average molecular weight is 780 g/mol. The molecule has 1 aliphatic rings. The van der Waals surface area contributed by atoms with Crippen molar-refractivity contribution >= 4 is 40.8 Å². The van der Waals surface area contributed by atoms with Crippen LogP contribution in [0.25, 0.3) is 10.9 Å². The SMILES string of the molecule is CN(C(=O)c1ccc(C(F)(F)F)cc1F)c1ccc(Oc2ccc3cc(C(=O)N4CCN(Cc5ccc(OCC(F)(F)F)cc5)CC4)n(C)c3c2)nc1.Cl. The first kappa shape index (κ1) is 39.8. The van der Waals surface area contributed by atoms with E-state index < -0.39 is 41.8 Å². The molecular weight excluding hydrogens is 747 g/mol. The minimum Gasteiger partial charge on any atom is -0.484 e. The highest BCUT2D eigenvalue weighted by molar-refractivity contribution is 6.06. The fourth-order valence-electron chi connectivity index (χ4n) is 5.88. The molecule has 6 rings (SSSR count). The first-order valence-electron chi connectivity index (χ1n) is 16.2. The number of carbonyl (C=O) groups is 2. The summed E-state index contributed by atoms with van der Waals surface area (Å²) in [5, 5.41) is 0.809. The van der Waals surface area contributed by atoms with E-state index in [-0.39, 0.29) is 41.7 Å². The fourth-order valence-corrected chi connectivity index (χ4v) is 5.88. The van der Waals surface area contributed by atoms with E-state index >= 15 is 0 Å². The minimum absolute atomic E-state index is 0. The first-order chi connectivity index (χ1) is 25.1. The summed E-state index contributed by atoms with van der Waals surface area (Å²) < 4.78 is 103. The van der Waals surface area contributed by atoms with Crippen molar-refractivity contribution in [2.24, 2.45) is 7.05 Å². The third-order valence-corrected chi connectivity index (χ3v) is 8.79. The molecule has 5 aromatic rings. The maximum atomic E-state index is 14.4. The lowest BCUT2D eigenvalue weighted by Gasteiger charge is -2.34. The summed E-state index contributed by atoms with van der Waals surface area (Å²) in [6.45, 7) is 1.43. The standard InChI is InChI=1S/C37H32F7N5O4.ClH/c1-46(34(50)29-11-6-25(18-30(29)38)37(42,43)44)26-7-12-33(45-20-26)53-28-10-5-24-17-32(47(2)31(24)19-28)35(51)49-15-13-48(14-16-49)21-23-3-8-27(9-4-23)52-22-36(39,40)41;/h3-12,17-20H,13-16,21-22H2,1-2H3;1H. The van der Waals surface area contributed by atoms with Crippen molar-refractivity contribution in [1.82, 2.24) is 19.4 Å². The van der Waals surface area contributed by atoms with E-state index in [2.05, 4.69) is 9.88 Å². The summed E-state index contributed by atoms with van der Waals surface area (Å²) in [5.74, 6) is -1.57. The van der Waals surface area contributed by atoms with Crippen LogP contribution < -0.4 is 14.4 Å². The Morgan fingerprint density at radius 2 is 1.54 bits per heavy atom. The summed E-state index contributed by atoms with van der Waals surface area (Å²) in [4.78, 5) is 35.6. The normalized spacial score (nSPS) is 13.8. The lowest BCUT2D eigenvalue weighted by atomic mass is 10.1. The van der Waals surface area contributed by atoms with Crippen molar-refractivity contribution in [3.63, 3.8) is 0 Å². The van der Waals surface area contributed by atoms with Gasteiger partial charge in [0.1, 0.15) is 23.0 Å². The maximum Gasteiger partial charge on any atom is 0.422 e. The number of hydrogen-bond donors (Lipinski definition) is 0. The van der Waals surface area contributed by atoms with Crippen LogP contribution in [0.15, 0.2) is 85.1 Å². The summed E-state index contributed by atoms with van der Waals surface area (Å²) in [7, 11) is 3.11. The Hall–Kier alpha value is -5.35. The van der Waals surface area contributed by atoms with Crippen molar-refractivity contribution < 1.29 is 49.8 Å². The number of nitrogens with zero attached hydrogens (tertiary/aromatic N) is 5. The number of aryl methyl sites for hydroxylation is 1. The Morgan fingerprint density at radius 1 is 0.852 bits per heavy atom. The molecule has 2 aromatic heterocycles. The highest BCUT2D eigenvalue weighted by Crippen LogP contribution is 2.32. The van der Waals surface area contributed by atoms with Gasteiger partial charge in [-0.3, -0.25) is 14.5 Å². The van der Waals surface area contributed by atoms with Gasteiger partial charge in [-0.25, -0.2) is 9.37 Å². The van der Waals surface area contributed by atoms with Gasteiger partial charge in [0, 0.05) is 64.3 Å². The quantitative estimate of drug-likeness (QED) is 0.141. The summed E-state index contributed by atoms with van der Waals surface area (Å²) >= 11 is 0. The van der Waals surface area contributed by atoms with Crippen LogP contribution in [-0.2, 0) is 19.8 Å². The van der Waals surface area contributed by atoms with E-state index in [4.69, 9.17) is 9.47 Å². The molecule has 1 fully saturated rings. The predicted molar refractivity (Wildman–Crippen MR) is 188 cm³/mol. The number of anilines is 1. The number of halogens is 8. The molecule has 0 radical (unpaired) electrons. The molecule has 2 amide bonds. The number of ether oxygens (including phenoxy) is 2. The lowest BCUT2D eigenvalue weighted by Crippen LogP contribution is -2.48. The molecule has 0 unspecified atom stereocenters. The highest BCUT2D eigenvalue weighted by Gasteiger charge is 2.32. The van der Waals surface area contributed by atoms with Gasteiger partial charge in [-0.05, 0) is 60.2 Å². The van der Waals surface area contributed by atoms with Crippen LogP contribution in [-0.4, -0.2) is 77.2 Å². The van der Waals surface area contributed by atoms with Crippen molar-refractivity contribution in [2.75, 3.05) is 44.7 Å². The van der Waals surface area contributed by atoms with Crippen LogP contribution in [0.3, 0.4) is 0 Å². The van der Waals surface area contributed by atoms with Crippen LogP contribution in [0.5, 0.6) is 17.4 Å². The van der Waals surface area contributed by atoms with Crippen LogP contribution in [0.2, 0.25) is 0 Å². The Morgan fingerprint density at radius 3 is 2.15 bits per heavy atom. The molecule has 1 saturated heterocycles. The van der Waals surface area contributed by atoms with E-state index in [1.807, 2.05) is 0 Å². The van der Waals surface area contributed by atoms with Crippen molar-refractivity contribution in [2.45, 2.75) is 18.9 Å². The summed E-state index contributed by atoms with van der Waals surface area (Å²) in [6.07, 6.45) is -7.85. The molecule has 0 bridgehead atoms. The first-order valence-corrected chi connectivity index (χ1v) is 16.2. The lowest BCUT2D eigenvalue weighted by molar-refractivity contribution is -0.153. The number of hydrogen-bond acceptors (Lipinski definition) is 6. The van der Waals surface area contributed by atoms with Gasteiger partial charge >= 0.3 is 12.4 Å². The van der Waals surface area contributed by atoms with E-state index in [9.17, 15) is 40.3 Å². The van der Waals surface area contributed by atoms with E-state index in [1.54, 1.807) is 52.9 Å². The second-order valence-corrected chi connectivity index (χ2v) is 12.4. The number of piperazine rings is 1. The van der Waals surface area contributed by atoms with Gasteiger partial charge in [-0.2, -0.15) is 26.3 Å². The molecule has 3 heterocycles. The molecule has 9 nitrogen and oxygen atoms in total. The fraction of sp³-hybridized carbons (Fsp3) is 0.270. The van der Waals surface area contributed by atoms with Gasteiger partial charge in [0.25, 0.3) is 11.8 Å². The Balaban J connectivity index is 0.00000561. The zero-order valence-electron chi connectivity index (χ0n) is 28.7. The molecule has 1 aliphatic heterocycles. The number of fused-ring (bicyclic) bond motifs is 1. The molecule has 3 aromatic carbocycles. The highest BCUT2D eigenvalue weighted by atomic mass is 35.5. The minimum atomic E-state index is -4.75. The second-order valence-electron chi connectivity index (χ2n) is 12.4. The molecule has 0 aliphatic carbocycles. The van der Waals surface area contributed by atoms with E-state index in [1.165, 1.54) is 37.5 Å². The molecule has 0 N–H and O–H groups in total. The molecule has 0 spiro atoms. The zero-order chi connectivity index (χ0) is 38.1. The van der Waals surface area contributed by atoms with Gasteiger partial charge in [-0.15, -0.1) is 12.4 Å². The number of alkyl halides is 6. The molecule has 286 valence electrons. The van der Waals surface area contributed by atoms with Crippen molar-refractivity contribution in [3.05, 3.63) is 113 Å². The largest absolute Gasteiger partial charge is 0.484 e. The van der Waals surface area contributed by atoms with Crippen molar-refractivity contribution in [3.8, 4) is 17.4 Å². The van der Waals surface area contributed by atoms with Crippen LogP contribution in [0.4, 0.5) is 36.4 Å². The molecule has 17 heteroatoms. The van der Waals surface area contributed by atoms with Crippen molar-refractivity contribution in [1.29, 1.82) is 0 Å². The number of pyridine rings is 1. The van der Waals surface area contributed by atoms with Gasteiger partial charge in [-0.1, -0.05) is 12.1 Å². The van der Waals surface area contributed by atoms with Crippen LogP contribution >= 0.6 is 12.4 Å². The number of amides is 2. The van der Waals surface area contributed by atoms with Gasteiger partial charge < -0.3 is 23.8 Å². The number of rotatable bonds is 9. The molecule has 0 saturated carbocycles. The Kier molecular flexibility index (Phi) is 11.8. The van der Waals surface area contributed by atoms with Gasteiger partial charge in [0.05, 0.1) is 28.5 Å². The monoisotopic (exact) mass is 779 g/mol. The van der Waals surface area contributed by atoms with Gasteiger partial charge in [0.15, 0.2) is 6.61 Å². The van der Waals surface area contributed by atoms with E-state index in [0.717, 1.165) is 27.4 Å². The van der Waals surface area contributed by atoms with Gasteiger partial charge in [0.2, 0.25) is 5.88 Å². The smallest absolute Gasteiger partial charge is 0.422 e. The number of benzene rings is 3. The van der Waals surface area contributed by atoms with Crippen LogP contribution in [0, 0.1) is 5.82 Å². The molecular formula is C37H33ClF7N5O4. The topological polar surface area (TPSA) is 80.1 Å².